The van der Waals surface area contributed by atoms with Crippen molar-refractivity contribution in [3.8, 4) is 17.2 Å². The van der Waals surface area contributed by atoms with Crippen molar-refractivity contribution in [3.63, 3.8) is 0 Å². The van der Waals surface area contributed by atoms with E-state index in [1.807, 2.05) is 6.07 Å². The number of hydrogen-bond donors (Lipinski definition) is 2. The number of ether oxygens (including phenoxy) is 1. The summed E-state index contributed by atoms with van der Waals surface area (Å²) in [5.74, 6) is 0.668. The molecule has 0 saturated carbocycles. The van der Waals surface area contributed by atoms with Gasteiger partial charge in [0.25, 0.3) is 5.82 Å². The summed E-state index contributed by atoms with van der Waals surface area (Å²) in [6.45, 7) is -0.240. The van der Waals surface area contributed by atoms with Crippen LogP contribution in [0.1, 0.15) is 17.0 Å². The van der Waals surface area contributed by atoms with Gasteiger partial charge in [-0.15, -0.1) is 0 Å². The lowest BCUT2D eigenvalue weighted by Gasteiger charge is -2.09. The third kappa shape index (κ3) is 6.28. The molecule has 0 aliphatic carbocycles. The van der Waals surface area contributed by atoms with Crippen LogP contribution in [0.3, 0.4) is 0 Å². The summed E-state index contributed by atoms with van der Waals surface area (Å²) in [5, 5.41) is 4.09. The highest BCUT2D eigenvalue weighted by Gasteiger charge is 2.23. The van der Waals surface area contributed by atoms with Crippen LogP contribution in [0.5, 0.6) is 5.88 Å². The standard InChI is InChI=1S/C23H22FN4O6P/c1-31-35(29,30)33-15-28-11-5-8-19(23(28)25)21-13-18(27-34-21)12-17-7-4-10-22(26-17)32-14-16-6-2-3-9-20(16)24/h2-11,13,25H,12,14-15H2,1H3,(H,29,30)/p+1. The molecule has 0 radical (unpaired) electrons. The van der Waals surface area contributed by atoms with Gasteiger partial charge in [0.1, 0.15) is 18.0 Å². The molecule has 1 atom stereocenters. The topological polar surface area (TPSA) is 134 Å². The van der Waals surface area contributed by atoms with Gasteiger partial charge < -0.3 is 14.2 Å². The van der Waals surface area contributed by atoms with Crippen molar-refractivity contribution in [2.45, 2.75) is 19.8 Å². The number of nitrogens with zero attached hydrogens (tertiary/aromatic N) is 3. The quantitative estimate of drug-likeness (QED) is 0.247. The number of anilines is 1. The zero-order valence-corrected chi connectivity index (χ0v) is 19.6. The van der Waals surface area contributed by atoms with Crippen molar-refractivity contribution in [1.29, 1.82) is 0 Å². The number of phosphoric ester groups is 1. The lowest BCUT2D eigenvalue weighted by Crippen LogP contribution is -2.38. The molecule has 4 aromatic rings. The number of aromatic nitrogens is 3. The van der Waals surface area contributed by atoms with Gasteiger partial charge in [-0.3, -0.25) is 10.3 Å². The van der Waals surface area contributed by atoms with Crippen molar-refractivity contribution in [3.05, 3.63) is 89.6 Å². The number of nitrogen functional groups attached to an aromatic ring is 1. The lowest BCUT2D eigenvalue weighted by atomic mass is 10.1. The van der Waals surface area contributed by atoms with Crippen molar-refractivity contribution in [1.82, 2.24) is 10.1 Å². The number of hydrogen-bond acceptors (Lipinski definition) is 8. The van der Waals surface area contributed by atoms with Crippen LogP contribution in [-0.2, 0) is 33.4 Å². The molecule has 1 unspecified atom stereocenters. The third-order valence-corrected chi connectivity index (χ3v) is 5.91. The average Bonchev–Trinajstić information content (AvgIpc) is 3.31. The number of rotatable bonds is 10. The van der Waals surface area contributed by atoms with Gasteiger partial charge in [-0.25, -0.2) is 23.0 Å². The Balaban J connectivity index is 1.44. The molecule has 3 aromatic heterocycles. The van der Waals surface area contributed by atoms with E-state index in [1.165, 1.54) is 10.6 Å². The Morgan fingerprint density at radius 1 is 1.14 bits per heavy atom. The van der Waals surface area contributed by atoms with E-state index < -0.39 is 7.82 Å². The number of benzene rings is 1. The Labute approximate surface area is 200 Å². The number of nitrogens with two attached hydrogens (primary N) is 1. The second-order valence-corrected chi connectivity index (χ2v) is 8.95. The molecule has 0 fully saturated rings. The molecule has 10 nitrogen and oxygen atoms in total. The van der Waals surface area contributed by atoms with Crippen LogP contribution >= 0.6 is 7.82 Å². The zero-order chi connectivity index (χ0) is 24.8. The molecule has 0 aliphatic rings. The first-order valence-corrected chi connectivity index (χ1v) is 11.9. The van der Waals surface area contributed by atoms with E-state index in [2.05, 4.69) is 14.7 Å². The Kier molecular flexibility index (Phi) is 7.52. The lowest BCUT2D eigenvalue weighted by molar-refractivity contribution is -0.711. The molecule has 182 valence electrons. The average molecular weight is 501 g/mol. The minimum Gasteiger partial charge on any atom is -0.473 e. The fourth-order valence-electron chi connectivity index (χ4n) is 3.18. The van der Waals surface area contributed by atoms with Crippen LogP contribution < -0.4 is 15.0 Å². The molecule has 3 heterocycles. The second-order valence-electron chi connectivity index (χ2n) is 7.39. The molecule has 0 spiro atoms. The van der Waals surface area contributed by atoms with Gasteiger partial charge in [0.15, 0.2) is 5.76 Å². The van der Waals surface area contributed by atoms with E-state index in [4.69, 9.17) is 19.5 Å². The first-order valence-electron chi connectivity index (χ1n) is 10.4. The molecular formula is C23H23FN4O6P+. The first kappa shape index (κ1) is 24.5. The van der Waals surface area contributed by atoms with Crippen LogP contribution in [-0.4, -0.2) is 22.1 Å². The predicted octanol–water partition coefficient (Wildman–Crippen LogP) is 3.64. The molecule has 0 aliphatic heterocycles. The Bertz CT molecular complexity index is 1370. The van der Waals surface area contributed by atoms with Gasteiger partial charge in [-0.2, -0.15) is 0 Å². The van der Waals surface area contributed by atoms with Crippen LogP contribution in [0.4, 0.5) is 10.2 Å². The van der Waals surface area contributed by atoms with E-state index in [0.29, 0.717) is 40.6 Å². The van der Waals surface area contributed by atoms with Crippen molar-refractivity contribution < 1.29 is 36.7 Å². The largest absolute Gasteiger partial charge is 0.475 e. The van der Waals surface area contributed by atoms with Gasteiger partial charge in [0.2, 0.25) is 12.6 Å². The Hall–Kier alpha value is -3.63. The molecule has 0 bridgehead atoms. The third-order valence-electron chi connectivity index (χ3n) is 5.01. The predicted molar refractivity (Wildman–Crippen MR) is 122 cm³/mol. The maximum atomic E-state index is 13.8. The highest BCUT2D eigenvalue weighted by atomic mass is 31.2. The van der Waals surface area contributed by atoms with Crippen LogP contribution in [0.15, 0.2) is 71.4 Å². The Morgan fingerprint density at radius 3 is 2.77 bits per heavy atom. The monoisotopic (exact) mass is 501 g/mol. The fourth-order valence-corrected chi connectivity index (χ4v) is 3.56. The molecule has 12 heteroatoms. The smallest absolute Gasteiger partial charge is 0.473 e. The van der Waals surface area contributed by atoms with E-state index in [0.717, 1.165) is 7.11 Å². The minimum atomic E-state index is -4.16. The molecule has 4 rings (SSSR count). The summed E-state index contributed by atoms with van der Waals surface area (Å²) >= 11 is 0. The van der Waals surface area contributed by atoms with Crippen LogP contribution in [0, 0.1) is 5.82 Å². The SMILES string of the molecule is COP(=O)(O)OC[n+]1cccc(-c2cc(Cc3cccc(OCc4ccccc4F)n3)no2)c1N. The fraction of sp³-hybridized carbons (Fsp3) is 0.174. The van der Waals surface area contributed by atoms with Crippen molar-refractivity contribution in [2.75, 3.05) is 12.8 Å². The molecule has 1 aromatic carbocycles. The second kappa shape index (κ2) is 10.7. The van der Waals surface area contributed by atoms with E-state index in [9.17, 15) is 13.8 Å². The highest BCUT2D eigenvalue weighted by Crippen LogP contribution is 2.41. The van der Waals surface area contributed by atoms with E-state index in [-0.39, 0.29) is 25.0 Å². The molecule has 3 N–H and O–H groups in total. The van der Waals surface area contributed by atoms with Crippen molar-refractivity contribution in [2.24, 2.45) is 0 Å². The summed E-state index contributed by atoms with van der Waals surface area (Å²) in [6, 6.07) is 16.8. The molecule has 35 heavy (non-hydrogen) atoms. The summed E-state index contributed by atoms with van der Waals surface area (Å²) in [5.41, 5.74) is 8.43. The maximum Gasteiger partial charge on any atom is 0.475 e. The zero-order valence-electron chi connectivity index (χ0n) is 18.7. The van der Waals surface area contributed by atoms with Crippen LogP contribution in [0.2, 0.25) is 0 Å². The highest BCUT2D eigenvalue weighted by molar-refractivity contribution is 7.47. The normalized spacial score (nSPS) is 12.9. The van der Waals surface area contributed by atoms with Gasteiger partial charge in [-0.1, -0.05) is 29.4 Å². The number of halogens is 1. The molecular weight excluding hydrogens is 478 g/mol. The first-order chi connectivity index (χ1) is 16.8. The summed E-state index contributed by atoms with van der Waals surface area (Å²) in [6.07, 6.45) is 1.94. The Morgan fingerprint density at radius 2 is 1.97 bits per heavy atom. The van der Waals surface area contributed by atoms with Gasteiger partial charge >= 0.3 is 7.82 Å². The van der Waals surface area contributed by atoms with Crippen molar-refractivity contribution >= 4 is 13.6 Å². The number of pyridine rings is 2. The molecule has 0 saturated heterocycles. The summed E-state index contributed by atoms with van der Waals surface area (Å²) in [7, 11) is -3.09. The van der Waals surface area contributed by atoms with Crippen LogP contribution in [0.25, 0.3) is 11.3 Å². The summed E-state index contributed by atoms with van der Waals surface area (Å²) in [4.78, 5) is 13.9. The van der Waals surface area contributed by atoms with E-state index >= 15 is 0 Å². The van der Waals surface area contributed by atoms with Gasteiger partial charge in [-0.05, 0) is 24.3 Å². The minimum absolute atomic E-state index is 0.0599. The molecule has 0 amide bonds. The van der Waals surface area contributed by atoms with Gasteiger partial charge in [0.05, 0.1) is 17.6 Å². The maximum absolute atomic E-state index is 13.8. The summed E-state index contributed by atoms with van der Waals surface area (Å²) < 4.78 is 47.1. The number of phosphoric acid groups is 1. The van der Waals surface area contributed by atoms with Gasteiger partial charge in [0, 0.05) is 31.2 Å². The van der Waals surface area contributed by atoms with E-state index in [1.54, 1.807) is 54.7 Å².